The van der Waals surface area contributed by atoms with Gasteiger partial charge in [-0.1, -0.05) is 32.1 Å². The minimum atomic E-state index is -0.320. The van der Waals surface area contributed by atoms with Crippen molar-refractivity contribution >= 4 is 38.3 Å². The molecular weight excluding hydrogens is 330 g/mol. The van der Waals surface area contributed by atoms with E-state index in [2.05, 4.69) is 31.4 Å². The molecule has 0 aliphatic heterocycles. The zero-order valence-corrected chi connectivity index (χ0v) is 13.5. The van der Waals surface area contributed by atoms with Crippen molar-refractivity contribution in [2.75, 3.05) is 5.32 Å². The van der Waals surface area contributed by atoms with E-state index in [-0.39, 0.29) is 17.1 Å². The molecule has 0 aromatic carbocycles. The van der Waals surface area contributed by atoms with E-state index < -0.39 is 0 Å². The summed E-state index contributed by atoms with van der Waals surface area (Å²) in [4.78, 5) is 12.0. The molecule has 0 atom stereocenters. The van der Waals surface area contributed by atoms with E-state index in [1.54, 1.807) is 6.07 Å². The SMILES string of the molecule is Cc1cc(Br)oc1C(=O)Nc1nnc(C(C)(C)C)s1. The van der Waals surface area contributed by atoms with Gasteiger partial charge in [-0.3, -0.25) is 10.1 Å². The third kappa shape index (κ3) is 3.22. The van der Waals surface area contributed by atoms with Crippen molar-refractivity contribution in [2.45, 2.75) is 33.1 Å². The van der Waals surface area contributed by atoms with Crippen LogP contribution in [0.15, 0.2) is 15.2 Å². The number of nitrogens with zero attached hydrogens (tertiary/aromatic N) is 2. The maximum absolute atomic E-state index is 12.0. The highest BCUT2D eigenvalue weighted by molar-refractivity contribution is 9.10. The Morgan fingerprint density at radius 2 is 2.11 bits per heavy atom. The molecule has 0 unspecified atom stereocenters. The van der Waals surface area contributed by atoms with E-state index >= 15 is 0 Å². The molecule has 0 radical (unpaired) electrons. The Morgan fingerprint density at radius 3 is 2.58 bits per heavy atom. The Morgan fingerprint density at radius 1 is 1.42 bits per heavy atom. The van der Waals surface area contributed by atoms with Crippen molar-refractivity contribution in [1.82, 2.24) is 10.2 Å². The lowest BCUT2D eigenvalue weighted by atomic mass is 9.98. The van der Waals surface area contributed by atoms with Crippen molar-refractivity contribution in [2.24, 2.45) is 0 Å². The van der Waals surface area contributed by atoms with Gasteiger partial charge in [-0.2, -0.15) is 0 Å². The number of nitrogens with one attached hydrogen (secondary N) is 1. The van der Waals surface area contributed by atoms with Crippen LogP contribution in [0.2, 0.25) is 0 Å². The first kappa shape index (κ1) is 14.2. The Hall–Kier alpha value is -1.21. The largest absolute Gasteiger partial charge is 0.444 e. The van der Waals surface area contributed by atoms with Crippen LogP contribution in [0.4, 0.5) is 5.13 Å². The molecule has 2 rings (SSSR count). The molecule has 0 aliphatic rings. The van der Waals surface area contributed by atoms with Crippen molar-refractivity contribution in [3.63, 3.8) is 0 Å². The van der Waals surface area contributed by atoms with E-state index in [1.165, 1.54) is 11.3 Å². The van der Waals surface area contributed by atoms with Crippen LogP contribution < -0.4 is 5.32 Å². The van der Waals surface area contributed by atoms with E-state index in [9.17, 15) is 4.79 Å². The second kappa shape index (κ2) is 5.05. The van der Waals surface area contributed by atoms with Crippen molar-refractivity contribution in [3.8, 4) is 0 Å². The third-order valence-electron chi connectivity index (χ3n) is 2.38. The summed E-state index contributed by atoms with van der Waals surface area (Å²) in [5.41, 5.74) is 0.689. The first-order valence-corrected chi connectivity index (χ1v) is 7.29. The van der Waals surface area contributed by atoms with Gasteiger partial charge in [-0.15, -0.1) is 10.2 Å². The fourth-order valence-corrected chi connectivity index (χ4v) is 2.70. The molecule has 0 aliphatic carbocycles. The summed E-state index contributed by atoms with van der Waals surface area (Å²) in [6.07, 6.45) is 0. The number of hydrogen-bond acceptors (Lipinski definition) is 5. The summed E-state index contributed by atoms with van der Waals surface area (Å²) >= 11 is 4.56. The quantitative estimate of drug-likeness (QED) is 0.901. The van der Waals surface area contributed by atoms with E-state index in [0.717, 1.165) is 10.6 Å². The summed E-state index contributed by atoms with van der Waals surface area (Å²) in [5.74, 6) is -0.0424. The molecule has 0 saturated carbocycles. The standard InChI is InChI=1S/C12H14BrN3O2S/c1-6-5-7(13)18-8(6)9(17)14-11-16-15-10(19-11)12(2,3)4/h5H,1-4H3,(H,14,16,17). The molecule has 0 bridgehead atoms. The van der Waals surface area contributed by atoms with Gasteiger partial charge in [0.05, 0.1) is 0 Å². The van der Waals surface area contributed by atoms with Gasteiger partial charge in [0.15, 0.2) is 10.4 Å². The molecular formula is C12H14BrN3O2S. The normalized spacial score (nSPS) is 11.6. The van der Waals surface area contributed by atoms with Gasteiger partial charge >= 0.3 is 0 Å². The summed E-state index contributed by atoms with van der Waals surface area (Å²) in [7, 11) is 0. The summed E-state index contributed by atoms with van der Waals surface area (Å²) in [5, 5.41) is 12.1. The molecule has 102 valence electrons. The minimum absolute atomic E-state index is 0.0791. The number of anilines is 1. The zero-order valence-electron chi connectivity index (χ0n) is 11.1. The van der Waals surface area contributed by atoms with Crippen molar-refractivity contribution < 1.29 is 9.21 Å². The Balaban J connectivity index is 2.16. The molecule has 1 N–H and O–H groups in total. The highest BCUT2D eigenvalue weighted by Gasteiger charge is 2.21. The van der Waals surface area contributed by atoms with Gasteiger partial charge in [0, 0.05) is 11.0 Å². The van der Waals surface area contributed by atoms with Crippen molar-refractivity contribution in [3.05, 3.63) is 27.1 Å². The number of aromatic nitrogens is 2. The number of furan rings is 1. The average Bonchev–Trinajstić information content (AvgIpc) is 2.84. The Kier molecular flexibility index (Phi) is 3.78. The van der Waals surface area contributed by atoms with E-state index in [0.29, 0.717) is 9.80 Å². The van der Waals surface area contributed by atoms with E-state index in [1.807, 2.05) is 27.7 Å². The second-order valence-corrected chi connectivity index (χ2v) is 6.94. The fourth-order valence-electron chi connectivity index (χ4n) is 1.40. The summed E-state index contributed by atoms with van der Waals surface area (Å²) < 4.78 is 5.81. The van der Waals surface area contributed by atoms with Crippen LogP contribution in [0.5, 0.6) is 0 Å². The maximum Gasteiger partial charge on any atom is 0.293 e. The van der Waals surface area contributed by atoms with Crippen LogP contribution in [0.3, 0.4) is 0 Å². The first-order chi connectivity index (χ1) is 8.77. The second-order valence-electron chi connectivity index (χ2n) is 5.18. The molecule has 1 amide bonds. The monoisotopic (exact) mass is 343 g/mol. The molecule has 19 heavy (non-hydrogen) atoms. The molecule has 7 heteroatoms. The molecule has 5 nitrogen and oxygen atoms in total. The maximum atomic E-state index is 12.0. The minimum Gasteiger partial charge on any atom is -0.444 e. The van der Waals surface area contributed by atoms with Gasteiger partial charge in [0.2, 0.25) is 5.13 Å². The number of aryl methyl sites for hydroxylation is 1. The Labute approximate surface area is 123 Å². The van der Waals surface area contributed by atoms with Crippen molar-refractivity contribution in [1.29, 1.82) is 0 Å². The zero-order chi connectivity index (χ0) is 14.2. The summed E-state index contributed by atoms with van der Waals surface area (Å²) in [6.45, 7) is 7.95. The lowest BCUT2D eigenvalue weighted by Crippen LogP contribution is -2.11. The van der Waals surface area contributed by atoms with Gasteiger partial charge in [0.25, 0.3) is 5.91 Å². The predicted octanol–water partition coefficient (Wildman–Crippen LogP) is 3.75. The van der Waals surface area contributed by atoms with Crippen LogP contribution in [-0.2, 0) is 5.41 Å². The average molecular weight is 344 g/mol. The van der Waals surface area contributed by atoms with E-state index in [4.69, 9.17) is 4.42 Å². The van der Waals surface area contributed by atoms with Crippen LogP contribution in [0.25, 0.3) is 0 Å². The van der Waals surface area contributed by atoms with Gasteiger partial charge in [-0.05, 0) is 28.9 Å². The first-order valence-electron chi connectivity index (χ1n) is 5.68. The highest BCUT2D eigenvalue weighted by Crippen LogP contribution is 2.28. The van der Waals surface area contributed by atoms with Crippen LogP contribution in [0.1, 0.15) is 41.9 Å². The molecule has 2 aromatic heterocycles. The highest BCUT2D eigenvalue weighted by atomic mass is 79.9. The number of carbonyl (C=O) groups is 1. The van der Waals surface area contributed by atoms with Gasteiger partial charge in [-0.25, -0.2) is 0 Å². The van der Waals surface area contributed by atoms with Gasteiger partial charge in [0.1, 0.15) is 5.01 Å². The molecule has 0 spiro atoms. The predicted molar refractivity (Wildman–Crippen MR) is 77.7 cm³/mol. The van der Waals surface area contributed by atoms with Crippen LogP contribution >= 0.6 is 27.3 Å². The topological polar surface area (TPSA) is 68.0 Å². The lowest BCUT2D eigenvalue weighted by molar-refractivity contribution is 0.0994. The smallest absolute Gasteiger partial charge is 0.293 e. The number of carbonyl (C=O) groups excluding carboxylic acids is 1. The third-order valence-corrected chi connectivity index (χ3v) is 4.04. The number of halogens is 1. The van der Waals surface area contributed by atoms with Crippen LogP contribution in [0, 0.1) is 6.92 Å². The fraction of sp³-hybridized carbons (Fsp3) is 0.417. The number of hydrogen-bond donors (Lipinski definition) is 1. The van der Waals surface area contributed by atoms with Gasteiger partial charge < -0.3 is 4.42 Å². The van der Waals surface area contributed by atoms with Crippen LogP contribution in [-0.4, -0.2) is 16.1 Å². The molecule has 2 heterocycles. The Bertz CT molecular complexity index is 613. The summed E-state index contributed by atoms with van der Waals surface area (Å²) in [6, 6.07) is 1.75. The molecule has 0 fully saturated rings. The molecule has 2 aromatic rings. The number of rotatable bonds is 2. The molecule has 0 saturated heterocycles. The lowest BCUT2D eigenvalue weighted by Gasteiger charge is -2.12. The number of amides is 1.